The Bertz CT molecular complexity index is 555. The Morgan fingerprint density at radius 1 is 1.39 bits per heavy atom. The van der Waals surface area contributed by atoms with Crippen molar-refractivity contribution in [2.24, 2.45) is 0 Å². The Labute approximate surface area is 107 Å². The molecule has 8 heteroatoms. The highest BCUT2D eigenvalue weighted by molar-refractivity contribution is 7.89. The molecule has 0 aliphatic rings. The third kappa shape index (κ3) is 3.47. The molecule has 0 bridgehead atoms. The fourth-order valence-electron chi connectivity index (χ4n) is 1.13. The van der Waals surface area contributed by atoms with Gasteiger partial charge >= 0.3 is 6.18 Å². The molecule has 0 fully saturated rings. The topological polar surface area (TPSA) is 46.2 Å². The van der Waals surface area contributed by atoms with E-state index in [1.165, 1.54) is 6.08 Å². The van der Waals surface area contributed by atoms with Crippen LogP contribution >= 0.6 is 11.6 Å². The number of rotatable bonds is 4. The highest BCUT2D eigenvalue weighted by Gasteiger charge is 2.32. The number of alkyl halides is 3. The fourth-order valence-corrected chi connectivity index (χ4v) is 2.65. The summed E-state index contributed by atoms with van der Waals surface area (Å²) in [5.74, 6) is 0. The van der Waals surface area contributed by atoms with Crippen molar-refractivity contribution in [1.82, 2.24) is 4.72 Å². The summed E-state index contributed by atoms with van der Waals surface area (Å²) < 4.78 is 62.8. The van der Waals surface area contributed by atoms with Gasteiger partial charge in [-0.05, 0) is 18.2 Å². The summed E-state index contributed by atoms with van der Waals surface area (Å²) in [6, 6.07) is 2.11. The van der Waals surface area contributed by atoms with Crippen LogP contribution in [-0.4, -0.2) is 15.0 Å². The third-order valence-electron chi connectivity index (χ3n) is 1.97. The largest absolute Gasteiger partial charge is 0.416 e. The smallest absolute Gasteiger partial charge is 0.207 e. The molecule has 0 amide bonds. The summed E-state index contributed by atoms with van der Waals surface area (Å²) in [5, 5.41) is -0.278. The number of benzene rings is 1. The first-order chi connectivity index (χ1) is 8.18. The molecule has 1 aromatic rings. The van der Waals surface area contributed by atoms with Crippen LogP contribution in [-0.2, 0) is 16.2 Å². The summed E-state index contributed by atoms with van der Waals surface area (Å²) in [6.07, 6.45) is -3.37. The Hall–Kier alpha value is -1.05. The highest BCUT2D eigenvalue weighted by Crippen LogP contribution is 2.33. The van der Waals surface area contributed by atoms with E-state index in [0.29, 0.717) is 6.07 Å². The molecule has 0 aromatic heterocycles. The van der Waals surface area contributed by atoms with E-state index in [9.17, 15) is 21.6 Å². The second-order valence-corrected chi connectivity index (χ2v) is 5.43. The molecule has 0 saturated heterocycles. The molecule has 1 aromatic carbocycles. The predicted molar refractivity (Wildman–Crippen MR) is 61.8 cm³/mol. The van der Waals surface area contributed by atoms with E-state index in [0.717, 1.165) is 12.1 Å². The minimum Gasteiger partial charge on any atom is -0.207 e. The summed E-state index contributed by atoms with van der Waals surface area (Å²) in [5.41, 5.74) is -1.08. The number of hydrogen-bond acceptors (Lipinski definition) is 2. The van der Waals surface area contributed by atoms with Gasteiger partial charge in [0.2, 0.25) is 10.0 Å². The van der Waals surface area contributed by atoms with Crippen LogP contribution in [0.1, 0.15) is 5.56 Å². The van der Waals surface area contributed by atoms with Crippen LogP contribution < -0.4 is 4.72 Å². The number of sulfonamides is 1. The second-order valence-electron chi connectivity index (χ2n) is 3.28. The zero-order valence-corrected chi connectivity index (χ0v) is 10.5. The summed E-state index contributed by atoms with van der Waals surface area (Å²) in [4.78, 5) is -0.610. The van der Waals surface area contributed by atoms with E-state index in [1.807, 2.05) is 4.72 Å². The molecule has 1 rings (SSSR count). The van der Waals surface area contributed by atoms with Crippen LogP contribution in [0.4, 0.5) is 13.2 Å². The van der Waals surface area contributed by atoms with Gasteiger partial charge in [-0.3, -0.25) is 0 Å². The van der Waals surface area contributed by atoms with Crippen LogP contribution in [0.3, 0.4) is 0 Å². The first-order valence-corrected chi connectivity index (χ1v) is 6.52. The van der Waals surface area contributed by atoms with Gasteiger partial charge in [0, 0.05) is 6.54 Å². The maximum atomic E-state index is 12.5. The average Bonchev–Trinajstić information content (AvgIpc) is 2.25. The lowest BCUT2D eigenvalue weighted by molar-refractivity contribution is -0.137. The Morgan fingerprint density at radius 3 is 2.50 bits per heavy atom. The van der Waals surface area contributed by atoms with Crippen LogP contribution in [0.25, 0.3) is 0 Å². The highest BCUT2D eigenvalue weighted by atomic mass is 35.5. The molecule has 0 heterocycles. The molecule has 100 valence electrons. The molecular weight excluding hydrogens is 291 g/mol. The SMILES string of the molecule is C=CCNS(=O)(=O)c1cc(C(F)(F)F)ccc1Cl. The van der Waals surface area contributed by atoms with Crippen LogP contribution in [0.15, 0.2) is 35.7 Å². The molecule has 0 saturated carbocycles. The van der Waals surface area contributed by atoms with Gasteiger partial charge in [0.25, 0.3) is 0 Å². The molecule has 0 aliphatic carbocycles. The quantitative estimate of drug-likeness (QED) is 0.869. The van der Waals surface area contributed by atoms with Crippen molar-refractivity contribution in [2.45, 2.75) is 11.1 Å². The first-order valence-electron chi connectivity index (χ1n) is 4.66. The van der Waals surface area contributed by atoms with Gasteiger partial charge in [-0.25, -0.2) is 13.1 Å². The van der Waals surface area contributed by atoms with Crippen LogP contribution in [0, 0.1) is 0 Å². The van der Waals surface area contributed by atoms with E-state index in [-0.39, 0.29) is 11.6 Å². The van der Waals surface area contributed by atoms with Gasteiger partial charge in [0.05, 0.1) is 10.6 Å². The summed E-state index contributed by atoms with van der Waals surface area (Å²) in [7, 11) is -4.09. The first kappa shape index (κ1) is 15.0. The van der Waals surface area contributed by atoms with Crippen molar-refractivity contribution in [3.8, 4) is 0 Å². The minimum absolute atomic E-state index is 0.102. The molecular formula is C10H9ClF3NO2S. The van der Waals surface area contributed by atoms with Gasteiger partial charge in [-0.1, -0.05) is 17.7 Å². The van der Waals surface area contributed by atoms with Crippen molar-refractivity contribution in [3.63, 3.8) is 0 Å². The van der Waals surface area contributed by atoms with Crippen molar-refractivity contribution in [2.75, 3.05) is 6.54 Å². The number of halogens is 4. The van der Waals surface area contributed by atoms with Gasteiger partial charge in [-0.2, -0.15) is 13.2 Å². The Kier molecular flexibility index (Phi) is 4.41. The van der Waals surface area contributed by atoms with Gasteiger partial charge in [0.15, 0.2) is 0 Å². The Balaban J connectivity index is 3.28. The molecule has 0 aliphatic heterocycles. The van der Waals surface area contributed by atoms with E-state index in [4.69, 9.17) is 11.6 Å². The lowest BCUT2D eigenvalue weighted by Gasteiger charge is -2.11. The molecule has 0 radical (unpaired) electrons. The van der Waals surface area contributed by atoms with Gasteiger partial charge < -0.3 is 0 Å². The van der Waals surface area contributed by atoms with Crippen LogP contribution in [0.2, 0.25) is 5.02 Å². The fraction of sp³-hybridized carbons (Fsp3) is 0.200. The van der Waals surface area contributed by atoms with E-state index < -0.39 is 26.7 Å². The number of hydrogen-bond donors (Lipinski definition) is 1. The summed E-state index contributed by atoms with van der Waals surface area (Å²) >= 11 is 5.60. The van der Waals surface area contributed by atoms with Crippen molar-refractivity contribution < 1.29 is 21.6 Å². The molecule has 0 spiro atoms. The molecule has 0 atom stereocenters. The molecule has 3 nitrogen and oxygen atoms in total. The average molecular weight is 300 g/mol. The maximum Gasteiger partial charge on any atom is 0.416 e. The number of nitrogens with one attached hydrogen (secondary N) is 1. The molecule has 1 N–H and O–H groups in total. The normalized spacial score (nSPS) is 12.4. The van der Waals surface area contributed by atoms with Gasteiger partial charge in [0.1, 0.15) is 4.90 Å². The van der Waals surface area contributed by atoms with Crippen LogP contribution in [0.5, 0.6) is 0 Å². The minimum atomic E-state index is -4.63. The molecule has 0 unspecified atom stereocenters. The third-order valence-corrected chi connectivity index (χ3v) is 3.87. The van der Waals surface area contributed by atoms with E-state index >= 15 is 0 Å². The standard InChI is InChI=1S/C10H9ClF3NO2S/c1-2-5-15-18(16,17)9-6-7(10(12,13)14)3-4-8(9)11/h2-4,6,15H,1,5H2. The van der Waals surface area contributed by atoms with Crippen molar-refractivity contribution in [1.29, 1.82) is 0 Å². The summed E-state index contributed by atoms with van der Waals surface area (Å²) in [6.45, 7) is 3.19. The predicted octanol–water partition coefficient (Wildman–Crippen LogP) is 2.82. The Morgan fingerprint density at radius 2 is 2.00 bits per heavy atom. The maximum absolute atomic E-state index is 12.5. The van der Waals surface area contributed by atoms with E-state index in [2.05, 4.69) is 6.58 Å². The lowest BCUT2D eigenvalue weighted by Crippen LogP contribution is -2.24. The van der Waals surface area contributed by atoms with E-state index in [1.54, 1.807) is 0 Å². The monoisotopic (exact) mass is 299 g/mol. The van der Waals surface area contributed by atoms with Crippen molar-refractivity contribution >= 4 is 21.6 Å². The second kappa shape index (κ2) is 5.29. The van der Waals surface area contributed by atoms with Crippen molar-refractivity contribution in [3.05, 3.63) is 41.4 Å². The zero-order valence-electron chi connectivity index (χ0n) is 8.96. The molecule has 18 heavy (non-hydrogen) atoms. The van der Waals surface area contributed by atoms with Gasteiger partial charge in [-0.15, -0.1) is 6.58 Å². The zero-order chi connectivity index (χ0) is 14.0. The lowest BCUT2D eigenvalue weighted by atomic mass is 10.2.